The second-order valence-electron chi connectivity index (χ2n) is 7.19. The zero-order chi connectivity index (χ0) is 22.9. The van der Waals surface area contributed by atoms with Gasteiger partial charge in [0.25, 0.3) is 5.91 Å². The normalized spacial score (nSPS) is 13.2. The number of aliphatic hydroxyl groups excluding tert-OH is 1. The summed E-state index contributed by atoms with van der Waals surface area (Å²) in [5.41, 5.74) is 2.93. The van der Waals surface area contributed by atoms with Gasteiger partial charge in [-0.2, -0.15) is 0 Å². The van der Waals surface area contributed by atoms with Gasteiger partial charge in [-0.3, -0.25) is 4.79 Å². The van der Waals surface area contributed by atoms with Crippen molar-refractivity contribution in [3.63, 3.8) is 0 Å². The van der Waals surface area contributed by atoms with Crippen molar-refractivity contribution in [2.24, 2.45) is 0 Å². The van der Waals surface area contributed by atoms with Crippen LogP contribution in [0.4, 0.5) is 17.1 Å². The van der Waals surface area contributed by atoms with Crippen LogP contribution in [0.5, 0.6) is 0 Å². The number of anilines is 3. The number of benzene rings is 2. The molecule has 2 aromatic rings. The molecule has 0 aromatic heterocycles. The van der Waals surface area contributed by atoms with Gasteiger partial charge in [0.2, 0.25) is 0 Å². The number of carbonyl (C=O) groups excluding carboxylic acids is 2. The first-order valence-corrected chi connectivity index (χ1v) is 11.1. The Bertz CT molecular complexity index is 979. The van der Waals surface area contributed by atoms with Crippen LogP contribution in [-0.2, 0) is 9.53 Å². The van der Waals surface area contributed by atoms with Crippen molar-refractivity contribution in [1.82, 2.24) is 5.32 Å². The monoisotopic (exact) mass is 457 g/mol. The molecule has 0 radical (unpaired) electrons. The van der Waals surface area contributed by atoms with Crippen molar-refractivity contribution >= 4 is 40.5 Å². The largest absolute Gasteiger partial charge is 0.463 e. The van der Waals surface area contributed by atoms with Crippen molar-refractivity contribution in [2.75, 3.05) is 49.2 Å². The number of nitrogens with one attached hydrogen (secondary N) is 1. The molecule has 0 bridgehead atoms. The van der Waals surface area contributed by atoms with Crippen LogP contribution in [0.25, 0.3) is 0 Å². The van der Waals surface area contributed by atoms with E-state index in [1.807, 2.05) is 30.3 Å². The Hall–Kier alpha value is -2.87. The lowest BCUT2D eigenvalue weighted by Crippen LogP contribution is -2.32. The summed E-state index contributed by atoms with van der Waals surface area (Å²) in [5, 5.41) is 13.4. The van der Waals surface area contributed by atoms with Crippen LogP contribution in [0.15, 0.2) is 54.6 Å². The molecule has 0 saturated carbocycles. The summed E-state index contributed by atoms with van der Waals surface area (Å²) in [6.45, 7) is 4.13. The first-order valence-electron chi connectivity index (χ1n) is 10.7. The molecule has 32 heavy (non-hydrogen) atoms. The number of para-hydroxylation sites is 2. The lowest BCUT2D eigenvalue weighted by molar-refractivity contribution is -0.137. The number of hydrogen-bond acceptors (Lipinski definition) is 6. The molecule has 2 N–H and O–H groups in total. The fourth-order valence-electron chi connectivity index (χ4n) is 3.67. The van der Waals surface area contributed by atoms with Crippen molar-refractivity contribution in [3.8, 4) is 0 Å². The Balaban J connectivity index is 1.77. The van der Waals surface area contributed by atoms with E-state index < -0.39 is 0 Å². The second-order valence-corrected chi connectivity index (χ2v) is 7.63. The Labute approximate surface area is 193 Å². The summed E-state index contributed by atoms with van der Waals surface area (Å²) >= 11 is 6.28. The third kappa shape index (κ3) is 5.68. The summed E-state index contributed by atoms with van der Waals surface area (Å²) < 4.78 is 4.85. The van der Waals surface area contributed by atoms with Gasteiger partial charge in [-0.15, -0.1) is 0 Å². The molecule has 0 atom stereocenters. The summed E-state index contributed by atoms with van der Waals surface area (Å²) in [6, 6.07) is 12.9. The maximum absolute atomic E-state index is 13.3. The molecule has 3 rings (SSSR count). The number of β-amino-alcohol motifs (C(OH)–C–C–N with tert-alkyl or cyclic N) is 1. The van der Waals surface area contributed by atoms with Gasteiger partial charge in [0.05, 0.1) is 35.8 Å². The van der Waals surface area contributed by atoms with Crippen molar-refractivity contribution < 1.29 is 19.4 Å². The van der Waals surface area contributed by atoms with Crippen molar-refractivity contribution in [3.05, 3.63) is 65.2 Å². The summed E-state index contributed by atoms with van der Waals surface area (Å²) in [5.74, 6) is -0.510. The quantitative estimate of drug-likeness (QED) is 0.322. The van der Waals surface area contributed by atoms with Crippen molar-refractivity contribution in [1.29, 1.82) is 0 Å². The lowest BCUT2D eigenvalue weighted by atomic mass is 10.1. The highest BCUT2D eigenvalue weighted by Gasteiger charge is 2.30. The van der Waals surface area contributed by atoms with E-state index in [4.69, 9.17) is 16.3 Å². The van der Waals surface area contributed by atoms with E-state index >= 15 is 0 Å². The Morgan fingerprint density at radius 1 is 1.12 bits per heavy atom. The van der Waals surface area contributed by atoms with Crippen molar-refractivity contribution in [2.45, 2.75) is 13.3 Å². The highest BCUT2D eigenvalue weighted by atomic mass is 35.5. The molecule has 1 amide bonds. The number of amides is 1. The van der Waals surface area contributed by atoms with E-state index in [-0.39, 0.29) is 25.0 Å². The molecular weight excluding hydrogens is 430 g/mol. The molecule has 8 heteroatoms. The fourth-order valence-corrected chi connectivity index (χ4v) is 3.84. The smallest absolute Gasteiger partial charge is 0.330 e. The number of fused-ring (bicyclic) bond motifs is 2. The highest BCUT2D eigenvalue weighted by Crippen LogP contribution is 2.41. The number of rotatable bonds is 10. The maximum atomic E-state index is 13.3. The van der Waals surface area contributed by atoms with Gasteiger partial charge in [0.15, 0.2) is 0 Å². The van der Waals surface area contributed by atoms with Gasteiger partial charge in [0, 0.05) is 30.7 Å². The summed E-state index contributed by atoms with van der Waals surface area (Å²) in [7, 11) is 0. The van der Waals surface area contributed by atoms with Crippen LogP contribution >= 0.6 is 11.6 Å². The minimum Gasteiger partial charge on any atom is -0.463 e. The number of halogens is 1. The van der Waals surface area contributed by atoms with Crippen LogP contribution in [0.2, 0.25) is 5.02 Å². The number of nitrogens with zero attached hydrogens (tertiary/aromatic N) is 2. The standard InChI is InChI=1S/C24H28ClN3O4/c1-2-32-23(30)9-5-12-26-13-6-14-27-20-7-3-4-8-21(20)28(15-16-29)24(31)19-11-10-18(25)17-22(19)27/h3-5,7-11,17,26,29H,2,6,12-16H2,1H3/b9-5+. The SMILES string of the molecule is CCOC(=O)/C=C/CNCCCN1c2cc(Cl)ccc2C(=O)N(CCO)c2ccccc21. The van der Waals surface area contributed by atoms with E-state index in [2.05, 4.69) is 10.2 Å². The first-order chi connectivity index (χ1) is 15.6. The van der Waals surface area contributed by atoms with Crippen LogP contribution in [0.3, 0.4) is 0 Å². The van der Waals surface area contributed by atoms with Gasteiger partial charge < -0.3 is 25.0 Å². The van der Waals surface area contributed by atoms with Gasteiger partial charge in [0.1, 0.15) is 0 Å². The van der Waals surface area contributed by atoms with Gasteiger partial charge in [-0.1, -0.05) is 29.8 Å². The predicted octanol–water partition coefficient (Wildman–Crippen LogP) is 3.53. The second kappa shape index (κ2) is 11.7. The first kappa shape index (κ1) is 23.8. The molecule has 1 heterocycles. The molecule has 1 aliphatic rings. The molecule has 170 valence electrons. The third-order valence-corrected chi connectivity index (χ3v) is 5.29. The highest BCUT2D eigenvalue weighted by molar-refractivity contribution is 6.31. The zero-order valence-electron chi connectivity index (χ0n) is 18.1. The number of aliphatic hydroxyl groups is 1. The number of hydrogen-bond donors (Lipinski definition) is 2. The minimum absolute atomic E-state index is 0.133. The fraction of sp³-hybridized carbons (Fsp3) is 0.333. The van der Waals surface area contributed by atoms with Crippen LogP contribution in [0, 0.1) is 0 Å². The number of ether oxygens (including phenoxy) is 1. The topological polar surface area (TPSA) is 82.1 Å². The third-order valence-electron chi connectivity index (χ3n) is 5.05. The van der Waals surface area contributed by atoms with Crippen LogP contribution in [0.1, 0.15) is 23.7 Å². The van der Waals surface area contributed by atoms with Crippen LogP contribution < -0.4 is 15.1 Å². The summed E-state index contributed by atoms with van der Waals surface area (Å²) in [4.78, 5) is 28.3. The molecule has 0 fully saturated rings. The molecule has 0 unspecified atom stereocenters. The van der Waals surface area contributed by atoms with E-state index in [1.54, 1.807) is 30.0 Å². The van der Waals surface area contributed by atoms with E-state index in [0.29, 0.717) is 30.3 Å². The van der Waals surface area contributed by atoms with Gasteiger partial charge in [-0.05, 0) is 50.2 Å². The molecule has 0 saturated heterocycles. The Morgan fingerprint density at radius 2 is 1.88 bits per heavy atom. The van der Waals surface area contributed by atoms with E-state index in [9.17, 15) is 14.7 Å². The number of carbonyl (C=O) groups is 2. The van der Waals surface area contributed by atoms with Gasteiger partial charge >= 0.3 is 5.97 Å². The molecule has 2 aromatic carbocycles. The average molecular weight is 458 g/mol. The molecular formula is C24H28ClN3O4. The summed E-state index contributed by atoms with van der Waals surface area (Å²) in [6.07, 6.45) is 3.95. The van der Waals surface area contributed by atoms with E-state index in [0.717, 1.165) is 30.0 Å². The molecule has 1 aliphatic heterocycles. The van der Waals surface area contributed by atoms with Gasteiger partial charge in [-0.25, -0.2) is 4.79 Å². The Morgan fingerprint density at radius 3 is 2.59 bits per heavy atom. The Kier molecular flexibility index (Phi) is 8.67. The average Bonchev–Trinajstić information content (AvgIpc) is 2.87. The lowest BCUT2D eigenvalue weighted by Gasteiger charge is -2.27. The predicted molar refractivity (Wildman–Crippen MR) is 127 cm³/mol. The zero-order valence-corrected chi connectivity index (χ0v) is 18.8. The molecule has 0 aliphatic carbocycles. The molecule has 0 spiro atoms. The van der Waals surface area contributed by atoms with Crippen LogP contribution in [-0.4, -0.2) is 56.4 Å². The molecule has 7 nitrogen and oxygen atoms in total. The maximum Gasteiger partial charge on any atom is 0.330 e. The number of esters is 1. The van der Waals surface area contributed by atoms with E-state index in [1.165, 1.54) is 6.08 Å². The minimum atomic E-state index is -0.346.